The number of fused-ring (bicyclic) bond motifs is 1. The molecule has 25 heavy (non-hydrogen) atoms. The van der Waals surface area contributed by atoms with Crippen molar-refractivity contribution in [2.24, 2.45) is 0 Å². The fourth-order valence-corrected chi connectivity index (χ4v) is 4.27. The second kappa shape index (κ2) is 8.21. The summed E-state index contributed by atoms with van der Waals surface area (Å²) in [5.74, 6) is -0.0825. The Morgan fingerprint density at radius 2 is 2.04 bits per heavy atom. The zero-order valence-electron chi connectivity index (χ0n) is 14.2. The van der Waals surface area contributed by atoms with Crippen molar-refractivity contribution in [3.8, 4) is 0 Å². The number of thioether (sulfide) groups is 1. The van der Waals surface area contributed by atoms with E-state index in [1.54, 1.807) is 36.0 Å². The van der Waals surface area contributed by atoms with Crippen LogP contribution in [0, 0.1) is 0 Å². The normalized spacial score (nSPS) is 16.0. The summed E-state index contributed by atoms with van der Waals surface area (Å²) in [6.07, 6.45) is 3.39. The third kappa shape index (κ3) is 4.42. The van der Waals surface area contributed by atoms with Crippen molar-refractivity contribution in [2.45, 2.75) is 24.5 Å². The number of carbonyl (C=O) groups is 2. The van der Waals surface area contributed by atoms with Gasteiger partial charge < -0.3 is 10.1 Å². The van der Waals surface area contributed by atoms with Gasteiger partial charge in [0.2, 0.25) is 5.91 Å². The van der Waals surface area contributed by atoms with Crippen LogP contribution in [0.1, 0.15) is 39.6 Å². The van der Waals surface area contributed by atoms with Crippen molar-refractivity contribution in [3.05, 3.63) is 65.2 Å². The molecule has 0 saturated heterocycles. The number of hydrogen-bond acceptors (Lipinski definition) is 4. The number of rotatable bonds is 5. The minimum Gasteiger partial charge on any atom is -0.465 e. The van der Waals surface area contributed by atoms with E-state index in [9.17, 15) is 9.59 Å². The molecule has 0 heterocycles. The molecule has 0 spiro atoms. The Morgan fingerprint density at radius 1 is 1.20 bits per heavy atom. The molecule has 4 nitrogen and oxygen atoms in total. The topological polar surface area (TPSA) is 55.4 Å². The minimum absolute atomic E-state index is 0.0601. The summed E-state index contributed by atoms with van der Waals surface area (Å²) in [6, 6.07) is 15.3. The average molecular weight is 355 g/mol. The Morgan fingerprint density at radius 3 is 2.88 bits per heavy atom. The van der Waals surface area contributed by atoms with Crippen LogP contribution in [-0.2, 0) is 16.0 Å². The van der Waals surface area contributed by atoms with E-state index in [0.29, 0.717) is 22.3 Å². The number of amides is 1. The maximum atomic E-state index is 12.3. The van der Waals surface area contributed by atoms with Crippen molar-refractivity contribution in [2.75, 3.05) is 18.2 Å². The molecule has 0 bridgehead atoms. The van der Waals surface area contributed by atoms with Crippen LogP contribution in [0.5, 0.6) is 0 Å². The monoisotopic (exact) mass is 355 g/mol. The molecule has 3 rings (SSSR count). The first-order chi connectivity index (χ1) is 12.2. The number of nitrogens with one attached hydrogen (secondary N) is 1. The van der Waals surface area contributed by atoms with Gasteiger partial charge in [-0.2, -0.15) is 0 Å². The molecule has 130 valence electrons. The number of methoxy groups -OCH3 is 1. The molecule has 0 saturated carbocycles. The number of benzene rings is 2. The Bertz CT molecular complexity index is 775. The van der Waals surface area contributed by atoms with Crippen LogP contribution in [0.4, 0.5) is 5.69 Å². The number of anilines is 1. The predicted octanol–water partition coefficient (Wildman–Crippen LogP) is 4.22. The molecule has 0 fully saturated rings. The highest BCUT2D eigenvalue weighted by molar-refractivity contribution is 8.00. The first-order valence-corrected chi connectivity index (χ1v) is 9.40. The molecule has 2 aromatic carbocycles. The molecule has 0 aliphatic heterocycles. The quantitative estimate of drug-likeness (QED) is 0.816. The minimum atomic E-state index is -0.413. The summed E-state index contributed by atoms with van der Waals surface area (Å²) in [6.45, 7) is 0. The maximum absolute atomic E-state index is 12.3. The van der Waals surface area contributed by atoms with E-state index >= 15 is 0 Å². The summed E-state index contributed by atoms with van der Waals surface area (Å²) in [5, 5.41) is 3.23. The molecule has 1 amide bonds. The van der Waals surface area contributed by atoms with Gasteiger partial charge in [-0.25, -0.2) is 4.79 Å². The number of carbonyl (C=O) groups excluding carboxylic acids is 2. The van der Waals surface area contributed by atoms with Crippen molar-refractivity contribution in [1.29, 1.82) is 0 Å². The fraction of sp³-hybridized carbons (Fsp3) is 0.300. The highest BCUT2D eigenvalue weighted by Crippen LogP contribution is 2.39. The smallest absolute Gasteiger partial charge is 0.337 e. The summed E-state index contributed by atoms with van der Waals surface area (Å²) < 4.78 is 4.70. The van der Waals surface area contributed by atoms with Crippen LogP contribution in [0.15, 0.2) is 48.5 Å². The van der Waals surface area contributed by atoms with E-state index in [1.807, 2.05) is 0 Å². The SMILES string of the molecule is COC(=O)c1cccc(NC(=O)CSC2CCCc3ccccc32)c1. The van der Waals surface area contributed by atoms with Crippen molar-refractivity contribution in [3.63, 3.8) is 0 Å². The number of esters is 1. The molecular weight excluding hydrogens is 334 g/mol. The zero-order chi connectivity index (χ0) is 17.6. The molecule has 1 unspecified atom stereocenters. The highest BCUT2D eigenvalue weighted by Gasteiger charge is 2.21. The molecule has 0 aromatic heterocycles. The van der Waals surface area contributed by atoms with Crippen LogP contribution >= 0.6 is 11.8 Å². The summed E-state index contributed by atoms with van der Waals surface area (Å²) in [4.78, 5) is 23.8. The van der Waals surface area contributed by atoms with Crippen LogP contribution < -0.4 is 5.32 Å². The molecule has 1 N–H and O–H groups in total. The highest BCUT2D eigenvalue weighted by atomic mass is 32.2. The lowest BCUT2D eigenvalue weighted by Gasteiger charge is -2.24. The lowest BCUT2D eigenvalue weighted by atomic mass is 9.91. The standard InChI is InChI=1S/C20H21NO3S/c1-24-20(23)15-8-4-9-16(12-15)21-19(22)13-25-18-11-5-7-14-6-2-3-10-17(14)18/h2-4,6,8-10,12,18H,5,7,11,13H2,1H3,(H,21,22). The fourth-order valence-electron chi connectivity index (χ4n) is 3.10. The predicted molar refractivity (Wildman–Crippen MR) is 101 cm³/mol. The van der Waals surface area contributed by atoms with Crippen molar-refractivity contribution in [1.82, 2.24) is 0 Å². The van der Waals surface area contributed by atoms with Gasteiger partial charge in [0.1, 0.15) is 0 Å². The second-order valence-corrected chi connectivity index (χ2v) is 7.20. The van der Waals surface area contributed by atoms with Crippen molar-refractivity contribution >= 4 is 29.3 Å². The van der Waals surface area contributed by atoms with Gasteiger partial charge in [0.05, 0.1) is 18.4 Å². The Labute approximate surface area is 152 Å². The molecule has 1 atom stereocenters. The van der Waals surface area contributed by atoms with E-state index in [2.05, 4.69) is 29.6 Å². The molecule has 5 heteroatoms. The average Bonchev–Trinajstić information content (AvgIpc) is 2.66. The molecule has 0 radical (unpaired) electrons. The third-order valence-electron chi connectivity index (χ3n) is 4.30. The van der Waals surface area contributed by atoms with Gasteiger partial charge in [-0.15, -0.1) is 11.8 Å². The largest absolute Gasteiger partial charge is 0.465 e. The van der Waals surface area contributed by atoms with E-state index in [1.165, 1.54) is 18.2 Å². The lowest BCUT2D eigenvalue weighted by Crippen LogP contribution is -2.16. The van der Waals surface area contributed by atoms with Gasteiger partial charge in [-0.1, -0.05) is 30.3 Å². The number of hydrogen-bond donors (Lipinski definition) is 1. The summed E-state index contributed by atoms with van der Waals surface area (Å²) in [7, 11) is 1.34. The van der Waals surface area contributed by atoms with Crippen LogP contribution in [0.3, 0.4) is 0 Å². The summed E-state index contributed by atoms with van der Waals surface area (Å²) >= 11 is 1.68. The van der Waals surface area contributed by atoms with Gasteiger partial charge in [0.15, 0.2) is 0 Å². The second-order valence-electron chi connectivity index (χ2n) is 6.01. The van der Waals surface area contributed by atoms with Gasteiger partial charge in [0.25, 0.3) is 0 Å². The van der Waals surface area contributed by atoms with E-state index < -0.39 is 5.97 Å². The van der Waals surface area contributed by atoms with Gasteiger partial charge >= 0.3 is 5.97 Å². The zero-order valence-corrected chi connectivity index (χ0v) is 15.0. The van der Waals surface area contributed by atoms with Gasteiger partial charge in [-0.3, -0.25) is 4.79 Å². The first kappa shape index (κ1) is 17.5. The Hall–Kier alpha value is -2.27. The summed E-state index contributed by atoms with van der Waals surface area (Å²) in [5.41, 5.74) is 3.79. The number of aryl methyl sites for hydroxylation is 1. The van der Waals surface area contributed by atoms with Gasteiger partial charge in [-0.05, 0) is 48.6 Å². The van der Waals surface area contributed by atoms with Crippen LogP contribution in [-0.4, -0.2) is 24.7 Å². The Balaban J connectivity index is 1.58. The molecule has 1 aliphatic carbocycles. The molecular formula is C20H21NO3S. The molecule has 1 aliphatic rings. The third-order valence-corrected chi connectivity index (χ3v) is 5.62. The van der Waals surface area contributed by atoms with E-state index in [4.69, 9.17) is 4.74 Å². The van der Waals surface area contributed by atoms with E-state index in [0.717, 1.165) is 19.3 Å². The number of ether oxygens (including phenoxy) is 1. The van der Waals surface area contributed by atoms with Gasteiger partial charge in [0, 0.05) is 10.9 Å². The van der Waals surface area contributed by atoms with E-state index in [-0.39, 0.29) is 5.91 Å². The van der Waals surface area contributed by atoms with Crippen LogP contribution in [0.2, 0.25) is 0 Å². The first-order valence-electron chi connectivity index (χ1n) is 8.35. The maximum Gasteiger partial charge on any atom is 0.337 e. The lowest BCUT2D eigenvalue weighted by molar-refractivity contribution is -0.113. The van der Waals surface area contributed by atoms with Crippen molar-refractivity contribution < 1.29 is 14.3 Å². The molecule has 2 aromatic rings. The Kier molecular flexibility index (Phi) is 5.76. The van der Waals surface area contributed by atoms with Crippen LogP contribution in [0.25, 0.3) is 0 Å².